The molecule has 1 atom stereocenters. The van der Waals surface area contributed by atoms with E-state index in [0.717, 1.165) is 16.1 Å². The first-order valence-corrected chi connectivity index (χ1v) is 12.6. The average Bonchev–Trinajstić information content (AvgIpc) is 2.79. The third-order valence-corrected chi connectivity index (χ3v) is 6.48. The summed E-state index contributed by atoms with van der Waals surface area (Å²) in [5, 5.41) is 2.58. The second-order valence-electron chi connectivity index (χ2n) is 7.74. The number of Topliss-reactive ketones (excluding diaryl/α,β-unsaturated/α-hetero) is 1. The van der Waals surface area contributed by atoms with E-state index in [9.17, 15) is 22.8 Å². The average molecular weight is 474 g/mol. The quantitative estimate of drug-likeness (QED) is 0.504. The molecule has 8 nitrogen and oxygen atoms in total. The van der Waals surface area contributed by atoms with Crippen LogP contribution in [0.4, 0.5) is 5.69 Å². The second-order valence-corrected chi connectivity index (χ2v) is 9.64. The van der Waals surface area contributed by atoms with Gasteiger partial charge in [-0.15, -0.1) is 0 Å². The van der Waals surface area contributed by atoms with E-state index >= 15 is 0 Å². The number of benzene rings is 2. The molecule has 0 aromatic heterocycles. The van der Waals surface area contributed by atoms with E-state index in [-0.39, 0.29) is 23.9 Å². The first kappa shape index (κ1) is 26.1. The van der Waals surface area contributed by atoms with Gasteiger partial charge in [0.05, 0.1) is 11.9 Å². The van der Waals surface area contributed by atoms with Crippen LogP contribution in [0.5, 0.6) is 0 Å². The Morgan fingerprint density at radius 1 is 1.03 bits per heavy atom. The summed E-state index contributed by atoms with van der Waals surface area (Å²) >= 11 is 0. The van der Waals surface area contributed by atoms with Gasteiger partial charge >= 0.3 is 0 Å². The van der Waals surface area contributed by atoms with Crippen molar-refractivity contribution in [2.45, 2.75) is 32.7 Å². The van der Waals surface area contributed by atoms with Crippen LogP contribution in [0.1, 0.15) is 36.2 Å². The lowest BCUT2D eigenvalue weighted by Gasteiger charge is -2.32. The van der Waals surface area contributed by atoms with Crippen LogP contribution in [0, 0.1) is 0 Å². The molecule has 0 aliphatic rings. The third kappa shape index (κ3) is 7.15. The molecule has 0 heterocycles. The minimum atomic E-state index is -3.84. The predicted molar refractivity (Wildman–Crippen MR) is 129 cm³/mol. The number of carbonyl (C=O) groups is 3. The van der Waals surface area contributed by atoms with Crippen LogP contribution in [0.2, 0.25) is 0 Å². The van der Waals surface area contributed by atoms with Gasteiger partial charge in [0.25, 0.3) is 0 Å². The molecule has 9 heteroatoms. The Morgan fingerprint density at radius 3 is 2.24 bits per heavy atom. The summed E-state index contributed by atoms with van der Waals surface area (Å²) in [7, 11) is -2.34. The fraction of sp³-hybridized carbons (Fsp3) is 0.375. The summed E-state index contributed by atoms with van der Waals surface area (Å²) in [6.07, 6.45) is 1.89. The first-order valence-electron chi connectivity index (χ1n) is 10.7. The van der Waals surface area contributed by atoms with E-state index in [1.54, 1.807) is 19.1 Å². The fourth-order valence-electron chi connectivity index (χ4n) is 3.56. The summed E-state index contributed by atoms with van der Waals surface area (Å²) in [6, 6.07) is 14.9. The molecule has 2 amide bonds. The molecule has 2 rings (SSSR count). The fourth-order valence-corrected chi connectivity index (χ4v) is 4.40. The van der Waals surface area contributed by atoms with Gasteiger partial charge in [-0.1, -0.05) is 49.4 Å². The first-order chi connectivity index (χ1) is 15.6. The van der Waals surface area contributed by atoms with E-state index < -0.39 is 28.5 Å². The molecule has 0 saturated carbocycles. The van der Waals surface area contributed by atoms with Crippen molar-refractivity contribution < 1.29 is 22.8 Å². The zero-order valence-corrected chi connectivity index (χ0v) is 20.3. The number of nitrogens with one attached hydrogen (secondary N) is 1. The van der Waals surface area contributed by atoms with Gasteiger partial charge in [-0.25, -0.2) is 8.42 Å². The number of hydrogen-bond acceptors (Lipinski definition) is 5. The number of likely N-dealkylation sites (N-methyl/N-ethyl adjacent to an activating group) is 1. The number of carbonyl (C=O) groups excluding carboxylic acids is 3. The van der Waals surface area contributed by atoms with Gasteiger partial charge in [0, 0.05) is 19.2 Å². The van der Waals surface area contributed by atoms with Crippen molar-refractivity contribution in [3.63, 3.8) is 0 Å². The maximum Gasteiger partial charge on any atom is 0.244 e. The molecule has 2 aromatic carbocycles. The zero-order valence-electron chi connectivity index (χ0n) is 19.4. The lowest BCUT2D eigenvalue weighted by atomic mass is 10.1. The number of ketones is 1. The zero-order chi connectivity index (χ0) is 24.6. The summed E-state index contributed by atoms with van der Waals surface area (Å²) in [4.78, 5) is 39.1. The van der Waals surface area contributed by atoms with Crippen molar-refractivity contribution in [3.8, 4) is 0 Å². The van der Waals surface area contributed by atoms with Crippen LogP contribution in [-0.2, 0) is 26.0 Å². The van der Waals surface area contributed by atoms with Crippen LogP contribution in [0.25, 0.3) is 0 Å². The molecule has 0 aliphatic heterocycles. The van der Waals surface area contributed by atoms with E-state index in [2.05, 4.69) is 5.32 Å². The van der Waals surface area contributed by atoms with Gasteiger partial charge in [-0.2, -0.15) is 0 Å². The summed E-state index contributed by atoms with van der Waals surface area (Å²) in [5.74, 6) is -1.03. The Labute approximate surface area is 195 Å². The Balaban J connectivity index is 2.38. The number of anilines is 1. The minimum Gasteiger partial charge on any atom is -0.357 e. The lowest BCUT2D eigenvalue weighted by molar-refractivity contribution is -0.139. The highest BCUT2D eigenvalue weighted by Crippen LogP contribution is 2.20. The number of hydrogen-bond donors (Lipinski definition) is 1. The van der Waals surface area contributed by atoms with Crippen LogP contribution >= 0.6 is 0 Å². The van der Waals surface area contributed by atoms with Crippen LogP contribution in [0.3, 0.4) is 0 Å². The molecule has 0 fully saturated rings. The van der Waals surface area contributed by atoms with Gasteiger partial charge in [0.15, 0.2) is 5.78 Å². The molecule has 33 heavy (non-hydrogen) atoms. The Morgan fingerprint density at radius 2 is 1.70 bits per heavy atom. The van der Waals surface area contributed by atoms with Crippen molar-refractivity contribution in [3.05, 3.63) is 65.7 Å². The van der Waals surface area contributed by atoms with Gasteiger partial charge in [-0.05, 0) is 37.5 Å². The maximum atomic E-state index is 13.4. The van der Waals surface area contributed by atoms with E-state index in [1.165, 1.54) is 31.0 Å². The summed E-state index contributed by atoms with van der Waals surface area (Å²) < 4.78 is 26.1. The van der Waals surface area contributed by atoms with E-state index in [4.69, 9.17) is 0 Å². The molecule has 0 bridgehead atoms. The molecular formula is C24H31N3O5S. The van der Waals surface area contributed by atoms with Gasteiger partial charge < -0.3 is 10.2 Å². The molecular weight excluding hydrogens is 442 g/mol. The predicted octanol–water partition coefficient (Wildman–Crippen LogP) is 2.25. The number of amides is 2. The van der Waals surface area contributed by atoms with Crippen molar-refractivity contribution in [1.82, 2.24) is 10.2 Å². The Hall–Kier alpha value is -3.20. The monoisotopic (exact) mass is 473 g/mol. The van der Waals surface area contributed by atoms with Crippen molar-refractivity contribution in [2.75, 3.05) is 30.7 Å². The molecule has 0 saturated heterocycles. The SMILES string of the molecule is CC[C@H](C(=O)NC)N(CCc1ccccc1)C(=O)CN(c1cccc(C(C)=O)c1)S(C)(=O)=O. The largest absolute Gasteiger partial charge is 0.357 e. The smallest absolute Gasteiger partial charge is 0.244 e. The lowest BCUT2D eigenvalue weighted by Crippen LogP contribution is -2.52. The number of sulfonamides is 1. The minimum absolute atomic E-state index is 0.216. The van der Waals surface area contributed by atoms with Crippen LogP contribution in [-0.4, -0.2) is 63.4 Å². The highest BCUT2D eigenvalue weighted by molar-refractivity contribution is 7.92. The Bertz CT molecular complexity index is 1090. The maximum absolute atomic E-state index is 13.4. The Kier molecular flexibility index (Phi) is 9.16. The summed E-state index contributed by atoms with van der Waals surface area (Å²) in [5.41, 5.74) is 1.55. The molecule has 178 valence electrons. The van der Waals surface area contributed by atoms with E-state index in [0.29, 0.717) is 18.4 Å². The van der Waals surface area contributed by atoms with Crippen molar-refractivity contribution >= 4 is 33.3 Å². The second kappa shape index (κ2) is 11.6. The molecule has 0 spiro atoms. The van der Waals surface area contributed by atoms with Gasteiger partial charge in [-0.3, -0.25) is 18.7 Å². The molecule has 2 aromatic rings. The van der Waals surface area contributed by atoms with Gasteiger partial charge in [0.2, 0.25) is 21.8 Å². The normalized spacial score (nSPS) is 12.0. The van der Waals surface area contributed by atoms with Crippen LogP contribution < -0.4 is 9.62 Å². The highest BCUT2D eigenvalue weighted by atomic mass is 32.2. The van der Waals surface area contributed by atoms with Gasteiger partial charge in [0.1, 0.15) is 12.6 Å². The van der Waals surface area contributed by atoms with Crippen molar-refractivity contribution in [2.24, 2.45) is 0 Å². The topological polar surface area (TPSA) is 104 Å². The standard InChI is InChI=1S/C24H31N3O5S/c1-5-22(24(30)25-3)26(15-14-19-10-7-6-8-11-19)23(29)17-27(33(4,31)32)21-13-9-12-20(16-21)18(2)28/h6-13,16,22H,5,14-15,17H2,1-4H3,(H,25,30)/t22-/m1/s1. The number of rotatable bonds is 11. The van der Waals surface area contributed by atoms with Crippen LogP contribution in [0.15, 0.2) is 54.6 Å². The van der Waals surface area contributed by atoms with Crippen molar-refractivity contribution in [1.29, 1.82) is 0 Å². The highest BCUT2D eigenvalue weighted by Gasteiger charge is 2.31. The summed E-state index contributed by atoms with van der Waals surface area (Å²) in [6.45, 7) is 2.95. The molecule has 0 radical (unpaired) electrons. The number of nitrogens with zero attached hydrogens (tertiary/aromatic N) is 2. The molecule has 1 N–H and O–H groups in total. The molecule has 0 unspecified atom stereocenters. The molecule has 0 aliphatic carbocycles. The third-order valence-electron chi connectivity index (χ3n) is 5.34. The van der Waals surface area contributed by atoms with E-state index in [1.807, 2.05) is 30.3 Å².